The van der Waals surface area contributed by atoms with Crippen molar-refractivity contribution in [3.63, 3.8) is 0 Å². The number of ether oxygens (including phenoxy) is 1. The highest BCUT2D eigenvalue weighted by atomic mass is 35.5. The number of rotatable bonds is 7. The Hall–Kier alpha value is -3.14. The summed E-state index contributed by atoms with van der Waals surface area (Å²) in [6, 6.07) is 3.22. The molecule has 1 saturated carbocycles. The topological polar surface area (TPSA) is 110 Å². The van der Waals surface area contributed by atoms with Crippen molar-refractivity contribution in [1.29, 1.82) is 0 Å². The number of hydrogen-bond acceptors (Lipinski definition) is 6. The highest BCUT2D eigenvalue weighted by Gasteiger charge is 2.49. The van der Waals surface area contributed by atoms with Gasteiger partial charge >= 0.3 is 0 Å². The number of amides is 3. The van der Waals surface area contributed by atoms with Gasteiger partial charge in [-0.25, -0.2) is 0 Å². The van der Waals surface area contributed by atoms with Crippen LogP contribution in [0.15, 0.2) is 18.3 Å². The number of hydrogen-bond donors (Lipinski definition) is 1. The zero-order valence-corrected chi connectivity index (χ0v) is 24.5. The molecule has 1 saturated heterocycles. The number of benzene rings is 1. The van der Waals surface area contributed by atoms with Crippen LogP contribution in [0.2, 0.25) is 5.02 Å². The zero-order chi connectivity index (χ0) is 28.6. The average molecular weight is 571 g/mol. The first-order valence-electron chi connectivity index (χ1n) is 14.2. The SMILES string of the molecule is CNC(=O)[C@@]1(C)CCCC[C@H]1C(=O)N1CCc2c(Cl)ccc(OCc3cn(C)nn3)c2[C@H]1CN1C[C@H](C)CC1=O. The summed E-state index contributed by atoms with van der Waals surface area (Å²) >= 11 is 6.73. The van der Waals surface area contributed by atoms with Gasteiger partial charge in [-0.15, -0.1) is 5.10 Å². The lowest BCUT2D eigenvalue weighted by Crippen LogP contribution is -2.54. The molecule has 1 aromatic heterocycles. The molecule has 40 heavy (non-hydrogen) atoms. The van der Waals surface area contributed by atoms with Crippen LogP contribution < -0.4 is 10.1 Å². The molecular weight excluding hydrogens is 532 g/mol. The number of fused-ring (bicyclic) bond motifs is 1. The summed E-state index contributed by atoms with van der Waals surface area (Å²) in [5.41, 5.74) is 1.66. The van der Waals surface area contributed by atoms with Crippen molar-refractivity contribution in [2.75, 3.05) is 26.7 Å². The third kappa shape index (κ3) is 5.30. The maximum atomic E-state index is 14.5. The van der Waals surface area contributed by atoms with Crippen LogP contribution in [-0.2, 0) is 34.5 Å². The highest BCUT2D eigenvalue weighted by molar-refractivity contribution is 6.31. The Morgan fingerprint density at radius 2 is 2.08 bits per heavy atom. The summed E-state index contributed by atoms with van der Waals surface area (Å²) in [7, 11) is 3.43. The maximum absolute atomic E-state index is 14.5. The van der Waals surface area contributed by atoms with Crippen molar-refractivity contribution in [2.45, 2.75) is 65.0 Å². The molecule has 10 nitrogen and oxygen atoms in total. The van der Waals surface area contributed by atoms with E-state index < -0.39 is 17.4 Å². The third-order valence-electron chi connectivity index (χ3n) is 8.93. The van der Waals surface area contributed by atoms with Crippen LogP contribution in [-0.4, -0.2) is 69.2 Å². The van der Waals surface area contributed by atoms with Gasteiger partial charge in [-0.05, 0) is 49.8 Å². The van der Waals surface area contributed by atoms with E-state index in [2.05, 4.69) is 22.6 Å². The van der Waals surface area contributed by atoms with E-state index in [0.29, 0.717) is 61.8 Å². The Bertz CT molecular complexity index is 1300. The van der Waals surface area contributed by atoms with Gasteiger partial charge in [0.2, 0.25) is 17.7 Å². The molecule has 0 radical (unpaired) electrons. The fourth-order valence-corrected chi connectivity index (χ4v) is 7.07. The number of aromatic nitrogens is 3. The van der Waals surface area contributed by atoms with Gasteiger partial charge in [0.05, 0.1) is 23.6 Å². The van der Waals surface area contributed by atoms with Gasteiger partial charge < -0.3 is 19.9 Å². The van der Waals surface area contributed by atoms with E-state index in [-0.39, 0.29) is 30.2 Å². The monoisotopic (exact) mass is 570 g/mol. The Morgan fingerprint density at radius 3 is 2.75 bits per heavy atom. The van der Waals surface area contributed by atoms with Crippen molar-refractivity contribution in [3.05, 3.63) is 40.2 Å². The van der Waals surface area contributed by atoms with Crippen molar-refractivity contribution >= 4 is 29.3 Å². The number of carbonyl (C=O) groups is 3. The second-order valence-electron chi connectivity index (χ2n) is 11.8. The van der Waals surface area contributed by atoms with Crippen LogP contribution in [0.4, 0.5) is 0 Å². The summed E-state index contributed by atoms with van der Waals surface area (Å²) in [4.78, 5) is 44.2. The third-order valence-corrected chi connectivity index (χ3v) is 9.29. The normalized spacial score (nSPS) is 26.5. The van der Waals surface area contributed by atoms with Crippen LogP contribution in [0.25, 0.3) is 0 Å². The molecule has 2 aliphatic heterocycles. The summed E-state index contributed by atoms with van der Waals surface area (Å²) in [5.74, 6) is 0.372. The quantitative estimate of drug-likeness (QED) is 0.547. The fraction of sp³-hybridized carbons (Fsp3) is 0.621. The Kier molecular flexibility index (Phi) is 8.08. The minimum absolute atomic E-state index is 0.0407. The van der Waals surface area contributed by atoms with Crippen molar-refractivity contribution in [2.24, 2.45) is 24.3 Å². The molecule has 216 valence electrons. The first-order chi connectivity index (χ1) is 19.1. The predicted molar refractivity (Wildman–Crippen MR) is 149 cm³/mol. The van der Waals surface area contributed by atoms with Crippen LogP contribution in [0.3, 0.4) is 0 Å². The highest BCUT2D eigenvalue weighted by Crippen LogP contribution is 2.46. The zero-order valence-electron chi connectivity index (χ0n) is 23.8. The Balaban J connectivity index is 1.53. The number of halogens is 1. The summed E-state index contributed by atoms with van der Waals surface area (Å²) in [5, 5.41) is 11.5. The van der Waals surface area contributed by atoms with Crippen molar-refractivity contribution in [1.82, 2.24) is 30.1 Å². The lowest BCUT2D eigenvalue weighted by molar-refractivity contribution is -0.153. The molecular formula is C29H39ClN6O4. The molecule has 5 rings (SSSR count). The molecule has 2 aromatic rings. The largest absolute Gasteiger partial charge is 0.487 e. The Morgan fingerprint density at radius 1 is 1.27 bits per heavy atom. The molecule has 1 aliphatic carbocycles. The van der Waals surface area contributed by atoms with Crippen molar-refractivity contribution in [3.8, 4) is 5.75 Å². The van der Waals surface area contributed by atoms with Gasteiger partial charge in [0.1, 0.15) is 18.1 Å². The molecule has 0 bridgehead atoms. The predicted octanol–water partition coefficient (Wildman–Crippen LogP) is 3.28. The number of nitrogens with zero attached hydrogens (tertiary/aromatic N) is 5. The summed E-state index contributed by atoms with van der Waals surface area (Å²) < 4.78 is 7.91. The second kappa shape index (κ2) is 11.4. The van der Waals surface area contributed by atoms with E-state index in [0.717, 1.165) is 24.0 Å². The van der Waals surface area contributed by atoms with E-state index in [9.17, 15) is 14.4 Å². The number of likely N-dealkylation sites (tertiary alicyclic amines) is 1. The molecule has 11 heteroatoms. The average Bonchev–Trinajstić information content (AvgIpc) is 3.50. The molecule has 3 amide bonds. The lowest BCUT2D eigenvalue weighted by atomic mass is 9.66. The van der Waals surface area contributed by atoms with Gasteiger partial charge in [0.15, 0.2) is 0 Å². The van der Waals surface area contributed by atoms with Gasteiger partial charge in [-0.3, -0.25) is 19.1 Å². The lowest BCUT2D eigenvalue weighted by Gasteiger charge is -2.46. The molecule has 3 aliphatic rings. The van der Waals surface area contributed by atoms with Crippen LogP contribution in [0, 0.1) is 17.3 Å². The molecule has 1 N–H and O–H groups in total. The first-order valence-corrected chi connectivity index (χ1v) is 14.6. The maximum Gasteiger partial charge on any atom is 0.227 e. The summed E-state index contributed by atoms with van der Waals surface area (Å²) in [6.07, 6.45) is 5.99. The minimum Gasteiger partial charge on any atom is -0.487 e. The molecule has 0 spiro atoms. The van der Waals surface area contributed by atoms with Crippen LogP contribution in [0.5, 0.6) is 5.75 Å². The van der Waals surface area contributed by atoms with E-state index >= 15 is 0 Å². The van der Waals surface area contributed by atoms with Gasteiger partial charge in [-0.1, -0.05) is 36.6 Å². The second-order valence-corrected chi connectivity index (χ2v) is 12.2. The van der Waals surface area contributed by atoms with E-state index in [1.807, 2.05) is 28.9 Å². The molecule has 0 unspecified atom stereocenters. The first kappa shape index (κ1) is 28.4. The minimum atomic E-state index is -0.785. The number of nitrogens with one attached hydrogen (secondary N) is 1. The van der Waals surface area contributed by atoms with Gasteiger partial charge in [0.25, 0.3) is 0 Å². The van der Waals surface area contributed by atoms with Gasteiger partial charge in [0, 0.05) is 50.7 Å². The smallest absolute Gasteiger partial charge is 0.227 e. The Labute approximate surface area is 240 Å². The van der Waals surface area contributed by atoms with Crippen LogP contribution in [0.1, 0.15) is 68.8 Å². The van der Waals surface area contributed by atoms with E-state index in [1.54, 1.807) is 25.0 Å². The summed E-state index contributed by atoms with van der Waals surface area (Å²) in [6.45, 7) is 5.65. The molecule has 4 atom stereocenters. The fourth-order valence-electron chi connectivity index (χ4n) is 6.81. The standard InChI is InChI=1S/C29H39ClN6O4/c1-18-13-25(37)35(14-18)16-23-26-20(22(30)8-9-24(26)40-17-19-15-34(4)33-32-19)10-12-36(23)27(38)21-7-5-6-11-29(21,2)28(39)31-3/h8-9,15,18,21,23H,5-7,10-14,16-17H2,1-4H3,(H,31,39)/t18-,21+,23-,29+/m1/s1. The number of carbonyl (C=O) groups excluding carboxylic acids is 3. The van der Waals surface area contributed by atoms with Crippen molar-refractivity contribution < 1.29 is 19.1 Å². The molecule has 1 aromatic carbocycles. The van der Waals surface area contributed by atoms with E-state index in [4.69, 9.17) is 16.3 Å². The van der Waals surface area contributed by atoms with E-state index in [1.165, 1.54) is 0 Å². The molecule has 3 heterocycles. The number of aryl methyl sites for hydroxylation is 1. The van der Waals surface area contributed by atoms with Crippen LogP contribution >= 0.6 is 11.6 Å². The molecule has 2 fully saturated rings. The van der Waals surface area contributed by atoms with Gasteiger partial charge in [-0.2, -0.15) is 0 Å².